The van der Waals surface area contributed by atoms with Gasteiger partial charge in [-0.15, -0.1) is 5.06 Å². The minimum absolute atomic E-state index is 0.00724. The molecule has 2 saturated carbocycles. The van der Waals surface area contributed by atoms with Crippen molar-refractivity contribution in [2.75, 3.05) is 12.3 Å². The van der Waals surface area contributed by atoms with Gasteiger partial charge in [0.05, 0.1) is 11.8 Å². The van der Waals surface area contributed by atoms with Gasteiger partial charge < -0.3 is 15.3 Å². The molecule has 2 aliphatic carbocycles. The van der Waals surface area contributed by atoms with E-state index in [1.807, 2.05) is 4.72 Å². The molecule has 3 N–H and O–H groups in total. The summed E-state index contributed by atoms with van der Waals surface area (Å²) in [5.74, 6) is -2.42. The van der Waals surface area contributed by atoms with Gasteiger partial charge in [-0.3, -0.25) is 4.79 Å². The fourth-order valence-corrected chi connectivity index (χ4v) is 8.33. The van der Waals surface area contributed by atoms with Crippen LogP contribution in [0.1, 0.15) is 66.6 Å². The Kier molecular flexibility index (Phi) is 7.54. The van der Waals surface area contributed by atoms with Crippen molar-refractivity contribution in [3.63, 3.8) is 0 Å². The molecular formula is C29H30Cl2FN3O6S. The van der Waals surface area contributed by atoms with E-state index in [0.717, 1.165) is 18.9 Å². The van der Waals surface area contributed by atoms with Crippen LogP contribution in [0.4, 0.5) is 4.39 Å². The summed E-state index contributed by atoms with van der Waals surface area (Å²) in [5, 5.41) is 16.1. The standard InChI is InChI=1S/C29H30Cl2FN3O6S/c1-2-10-42(39,40)34-27(36)16-8-9-18(21(32)11-16)29-12-17(14-33-29)22(13-29)35-25(23-19(30)4-3-5-20(23)31)24(28(37)38)26(41-35)15-6-7-15/h3-5,8-9,11,15,17,22,25,33H,2,6-7,10,12-14H2,1H3,(H,34,36)(H,37,38). The Morgan fingerprint density at radius 3 is 2.52 bits per heavy atom. The minimum atomic E-state index is -3.81. The zero-order valence-electron chi connectivity index (χ0n) is 22.7. The van der Waals surface area contributed by atoms with Crippen molar-refractivity contribution < 1.29 is 32.3 Å². The van der Waals surface area contributed by atoms with Gasteiger partial charge >= 0.3 is 5.97 Å². The van der Waals surface area contributed by atoms with E-state index in [1.54, 1.807) is 30.2 Å². The molecule has 6 rings (SSSR count). The number of benzene rings is 2. The number of carboxylic acid groups (broad SMARTS) is 1. The predicted molar refractivity (Wildman–Crippen MR) is 154 cm³/mol. The number of hydroxylamine groups is 2. The molecule has 0 radical (unpaired) electrons. The summed E-state index contributed by atoms with van der Waals surface area (Å²) in [4.78, 5) is 31.5. The fraction of sp³-hybridized carbons (Fsp3) is 0.448. The number of hydrogen-bond donors (Lipinski definition) is 3. The van der Waals surface area contributed by atoms with Crippen molar-refractivity contribution in [1.29, 1.82) is 0 Å². The number of halogens is 3. The highest BCUT2D eigenvalue weighted by Gasteiger charge is 2.59. The molecule has 224 valence electrons. The largest absolute Gasteiger partial charge is 0.478 e. The summed E-state index contributed by atoms with van der Waals surface area (Å²) in [5.41, 5.74) is 0.0279. The van der Waals surface area contributed by atoms with Crippen molar-refractivity contribution in [2.45, 2.75) is 56.7 Å². The Hall–Kier alpha value is -2.70. The first-order valence-corrected chi connectivity index (χ1v) is 16.3. The molecular weight excluding hydrogens is 608 g/mol. The van der Waals surface area contributed by atoms with Crippen molar-refractivity contribution in [3.05, 3.63) is 80.3 Å². The second kappa shape index (κ2) is 10.8. The number of carboxylic acids is 1. The number of piperidine rings is 1. The summed E-state index contributed by atoms with van der Waals surface area (Å²) in [7, 11) is -3.81. The molecule has 42 heavy (non-hydrogen) atoms. The Balaban J connectivity index is 1.32. The Labute approximate surface area is 253 Å². The molecule has 2 aromatic carbocycles. The number of carbonyl (C=O) groups excluding carboxylic acids is 1. The Morgan fingerprint density at radius 1 is 1.19 bits per heavy atom. The lowest BCUT2D eigenvalue weighted by molar-refractivity contribution is -0.167. The number of sulfonamides is 1. The molecule has 4 unspecified atom stereocenters. The SMILES string of the molecule is CCCS(=O)(=O)NC(=O)c1ccc(C23CC(CN2)C(N2OC(C4CC4)=C(C(=O)O)C2c2c(Cl)cccc2Cl)C3)c(F)c1. The van der Waals surface area contributed by atoms with Crippen LogP contribution in [0.2, 0.25) is 10.0 Å². The zero-order valence-corrected chi connectivity index (χ0v) is 25.0. The Bertz CT molecular complexity index is 1590. The average Bonchev–Trinajstić information content (AvgIpc) is 3.41. The molecule has 4 aliphatic rings. The lowest BCUT2D eigenvalue weighted by atomic mass is 9.87. The van der Waals surface area contributed by atoms with Crippen LogP contribution in [0.3, 0.4) is 0 Å². The van der Waals surface area contributed by atoms with Crippen LogP contribution >= 0.6 is 23.2 Å². The third-order valence-corrected chi connectivity index (χ3v) is 10.8. The van der Waals surface area contributed by atoms with Crippen LogP contribution in [-0.2, 0) is 25.2 Å². The van der Waals surface area contributed by atoms with E-state index in [4.69, 9.17) is 28.0 Å². The van der Waals surface area contributed by atoms with E-state index in [2.05, 4.69) is 5.32 Å². The van der Waals surface area contributed by atoms with Gasteiger partial charge in [-0.1, -0.05) is 42.3 Å². The van der Waals surface area contributed by atoms with Crippen LogP contribution in [0.25, 0.3) is 0 Å². The first-order chi connectivity index (χ1) is 19.9. The number of carbonyl (C=O) groups is 2. The monoisotopic (exact) mass is 637 g/mol. The van der Waals surface area contributed by atoms with E-state index >= 15 is 4.39 Å². The molecule has 2 bridgehead atoms. The zero-order chi connectivity index (χ0) is 30.0. The highest BCUT2D eigenvalue weighted by Crippen LogP contribution is 2.56. The van der Waals surface area contributed by atoms with Gasteiger partial charge in [-0.25, -0.2) is 22.3 Å². The smallest absolute Gasteiger partial charge is 0.337 e. The normalized spacial score (nSPS) is 27.4. The third kappa shape index (κ3) is 5.09. The van der Waals surface area contributed by atoms with Crippen LogP contribution in [0, 0.1) is 17.7 Å². The third-order valence-electron chi connectivity index (χ3n) is 8.66. The van der Waals surface area contributed by atoms with Crippen molar-refractivity contribution in [3.8, 4) is 0 Å². The maximum absolute atomic E-state index is 15.7. The fourth-order valence-electron chi connectivity index (χ4n) is 6.69. The highest BCUT2D eigenvalue weighted by molar-refractivity contribution is 7.90. The topological polar surface area (TPSA) is 125 Å². The van der Waals surface area contributed by atoms with E-state index < -0.39 is 39.3 Å². The molecule has 0 aromatic heterocycles. The first kappa shape index (κ1) is 29.4. The molecule has 1 amide bonds. The number of aliphatic carboxylic acids is 1. The van der Waals surface area contributed by atoms with Crippen molar-refractivity contribution in [2.24, 2.45) is 11.8 Å². The van der Waals surface area contributed by atoms with Gasteiger partial charge in [-0.05, 0) is 62.3 Å². The van der Waals surface area contributed by atoms with Gasteiger partial charge in [0.25, 0.3) is 5.91 Å². The molecule has 1 saturated heterocycles. The molecule has 2 aliphatic heterocycles. The number of amides is 1. The molecule has 3 fully saturated rings. The van der Waals surface area contributed by atoms with Crippen LogP contribution < -0.4 is 10.0 Å². The summed E-state index contributed by atoms with van der Waals surface area (Å²) in [6.45, 7) is 2.21. The predicted octanol–water partition coefficient (Wildman–Crippen LogP) is 4.92. The lowest BCUT2D eigenvalue weighted by Gasteiger charge is -2.38. The first-order valence-electron chi connectivity index (χ1n) is 13.9. The summed E-state index contributed by atoms with van der Waals surface area (Å²) < 4.78 is 41.7. The molecule has 4 atom stereocenters. The summed E-state index contributed by atoms with van der Waals surface area (Å²) in [6, 6.07) is 7.87. The number of hydrogen-bond acceptors (Lipinski definition) is 7. The van der Waals surface area contributed by atoms with Crippen LogP contribution in [-0.4, -0.2) is 48.8 Å². The number of nitrogens with zero attached hydrogens (tertiary/aromatic N) is 1. The molecule has 2 heterocycles. The number of nitrogens with one attached hydrogen (secondary N) is 2. The van der Waals surface area contributed by atoms with Gasteiger partial charge in [-0.2, -0.15) is 0 Å². The van der Waals surface area contributed by atoms with Gasteiger partial charge in [0.2, 0.25) is 10.0 Å². The number of fused-ring (bicyclic) bond motifs is 2. The molecule has 9 nitrogen and oxygen atoms in total. The molecule has 0 spiro atoms. The van der Waals surface area contributed by atoms with Crippen molar-refractivity contribution in [1.82, 2.24) is 15.1 Å². The van der Waals surface area contributed by atoms with E-state index in [9.17, 15) is 23.1 Å². The summed E-state index contributed by atoms with van der Waals surface area (Å²) in [6.07, 6.45) is 2.94. The van der Waals surface area contributed by atoms with Crippen LogP contribution in [0.15, 0.2) is 47.7 Å². The molecule has 2 aromatic rings. The number of allylic oxidation sites excluding steroid dienone is 1. The average molecular weight is 639 g/mol. The maximum Gasteiger partial charge on any atom is 0.337 e. The van der Waals surface area contributed by atoms with E-state index in [-0.39, 0.29) is 34.8 Å². The van der Waals surface area contributed by atoms with Crippen LogP contribution in [0.5, 0.6) is 0 Å². The van der Waals surface area contributed by atoms with E-state index in [1.165, 1.54) is 12.1 Å². The second-order valence-electron chi connectivity index (χ2n) is 11.5. The van der Waals surface area contributed by atoms with Gasteiger partial charge in [0.1, 0.15) is 23.2 Å². The maximum atomic E-state index is 15.7. The lowest BCUT2D eigenvalue weighted by Crippen LogP contribution is -2.48. The molecule has 13 heteroatoms. The second-order valence-corrected chi connectivity index (χ2v) is 14.1. The quantitative estimate of drug-likeness (QED) is 0.354. The number of rotatable bonds is 9. The summed E-state index contributed by atoms with van der Waals surface area (Å²) >= 11 is 13.2. The Morgan fingerprint density at radius 2 is 1.90 bits per heavy atom. The minimum Gasteiger partial charge on any atom is -0.478 e. The van der Waals surface area contributed by atoms with Gasteiger partial charge in [0.15, 0.2) is 0 Å². The highest BCUT2D eigenvalue weighted by atomic mass is 35.5. The van der Waals surface area contributed by atoms with E-state index in [0.29, 0.717) is 52.7 Å². The van der Waals surface area contributed by atoms with Gasteiger partial charge in [0, 0.05) is 44.7 Å². The van der Waals surface area contributed by atoms with Crippen molar-refractivity contribution >= 4 is 45.1 Å².